The highest BCUT2D eigenvalue weighted by Gasteiger charge is 2.14. The van der Waals surface area contributed by atoms with Crippen LogP contribution in [0, 0.1) is 0 Å². The zero-order valence-corrected chi connectivity index (χ0v) is 16.6. The average Bonchev–Trinajstić information content (AvgIpc) is 3.38. The van der Waals surface area contributed by atoms with Crippen molar-refractivity contribution in [2.75, 3.05) is 12.9 Å². The van der Waals surface area contributed by atoms with Gasteiger partial charge in [-0.05, 0) is 43.3 Å². The molecule has 0 atom stereocenters. The highest BCUT2D eigenvalue weighted by molar-refractivity contribution is 7.99. The average molecular weight is 402 g/mol. The van der Waals surface area contributed by atoms with Gasteiger partial charge >= 0.3 is 0 Å². The number of benzene rings is 1. The van der Waals surface area contributed by atoms with Crippen molar-refractivity contribution in [3.63, 3.8) is 0 Å². The first-order valence-corrected chi connectivity index (χ1v) is 9.79. The van der Waals surface area contributed by atoms with Crippen LogP contribution in [0.25, 0.3) is 0 Å². The van der Waals surface area contributed by atoms with Crippen LogP contribution in [0.3, 0.4) is 0 Å². The van der Waals surface area contributed by atoms with E-state index < -0.39 is 0 Å². The van der Waals surface area contributed by atoms with E-state index in [1.54, 1.807) is 19.4 Å². The summed E-state index contributed by atoms with van der Waals surface area (Å²) in [5.41, 5.74) is 0. The number of methoxy groups -OCH3 is 1. The van der Waals surface area contributed by atoms with Gasteiger partial charge in [-0.1, -0.05) is 11.8 Å². The summed E-state index contributed by atoms with van der Waals surface area (Å²) in [6.45, 7) is 3.35. The number of carbonyl (C=O) groups is 1. The van der Waals surface area contributed by atoms with E-state index in [-0.39, 0.29) is 11.7 Å². The standard InChI is InChI=1S/C19H22N4O4S/c1-3-23-17(12-27-15-8-6-14(25-2)7-9-15)21-22-19(23)28-13-18(24)20-11-16-5-4-10-26-16/h4-10H,3,11-13H2,1-2H3,(H,20,24). The fourth-order valence-corrected chi connectivity index (χ4v) is 3.30. The molecule has 0 radical (unpaired) electrons. The lowest BCUT2D eigenvalue weighted by atomic mass is 10.3. The lowest BCUT2D eigenvalue weighted by Gasteiger charge is -2.09. The molecule has 0 aliphatic heterocycles. The summed E-state index contributed by atoms with van der Waals surface area (Å²) < 4.78 is 18.0. The van der Waals surface area contributed by atoms with Crippen LogP contribution in [0.1, 0.15) is 18.5 Å². The van der Waals surface area contributed by atoms with Gasteiger partial charge in [0.1, 0.15) is 23.9 Å². The fourth-order valence-electron chi connectivity index (χ4n) is 2.45. The molecule has 8 nitrogen and oxygen atoms in total. The van der Waals surface area contributed by atoms with E-state index in [0.29, 0.717) is 36.4 Å². The summed E-state index contributed by atoms with van der Waals surface area (Å²) >= 11 is 1.34. The Balaban J connectivity index is 1.51. The largest absolute Gasteiger partial charge is 0.497 e. The van der Waals surface area contributed by atoms with Crippen LogP contribution in [0.4, 0.5) is 0 Å². The van der Waals surface area contributed by atoms with E-state index in [1.807, 2.05) is 41.8 Å². The number of nitrogens with one attached hydrogen (secondary N) is 1. The smallest absolute Gasteiger partial charge is 0.230 e. The number of aromatic nitrogens is 3. The predicted octanol–water partition coefficient (Wildman–Crippen LogP) is 2.89. The molecule has 0 bridgehead atoms. The number of carbonyl (C=O) groups excluding carboxylic acids is 1. The molecule has 2 heterocycles. The second-order valence-corrected chi connectivity index (χ2v) is 6.69. The molecular weight excluding hydrogens is 380 g/mol. The summed E-state index contributed by atoms with van der Waals surface area (Å²) in [6.07, 6.45) is 1.58. The van der Waals surface area contributed by atoms with Crippen LogP contribution in [-0.2, 0) is 24.5 Å². The second-order valence-electron chi connectivity index (χ2n) is 5.75. The van der Waals surface area contributed by atoms with Crippen LogP contribution in [0.2, 0.25) is 0 Å². The van der Waals surface area contributed by atoms with Crippen molar-refractivity contribution in [1.29, 1.82) is 0 Å². The SMILES string of the molecule is CCn1c(COc2ccc(OC)cc2)nnc1SCC(=O)NCc1ccco1. The Bertz CT molecular complexity index is 878. The Morgan fingerprint density at radius 3 is 2.68 bits per heavy atom. The Kier molecular flexibility index (Phi) is 6.96. The molecular formula is C19H22N4O4S. The predicted molar refractivity (Wildman–Crippen MR) is 104 cm³/mol. The molecule has 0 aliphatic carbocycles. The van der Waals surface area contributed by atoms with Gasteiger partial charge in [0, 0.05) is 6.54 Å². The van der Waals surface area contributed by atoms with Gasteiger partial charge in [-0.25, -0.2) is 0 Å². The van der Waals surface area contributed by atoms with E-state index in [0.717, 1.165) is 11.5 Å². The molecule has 1 N–H and O–H groups in total. The topological polar surface area (TPSA) is 91.4 Å². The third-order valence-electron chi connectivity index (χ3n) is 3.91. The summed E-state index contributed by atoms with van der Waals surface area (Å²) in [6, 6.07) is 11.0. The minimum absolute atomic E-state index is 0.0944. The number of hydrogen-bond donors (Lipinski definition) is 1. The first kappa shape index (κ1) is 19.8. The zero-order chi connectivity index (χ0) is 19.8. The summed E-state index contributed by atoms with van der Waals surface area (Å²) in [5.74, 6) is 3.07. The molecule has 2 aromatic heterocycles. The van der Waals surface area contributed by atoms with Gasteiger partial charge in [0.05, 0.1) is 25.7 Å². The number of nitrogens with zero attached hydrogens (tertiary/aromatic N) is 3. The van der Waals surface area contributed by atoms with E-state index in [9.17, 15) is 4.79 Å². The Morgan fingerprint density at radius 1 is 1.21 bits per heavy atom. The Morgan fingerprint density at radius 2 is 2.00 bits per heavy atom. The van der Waals surface area contributed by atoms with Crippen LogP contribution in [0.5, 0.6) is 11.5 Å². The number of amides is 1. The van der Waals surface area contributed by atoms with Crippen LogP contribution >= 0.6 is 11.8 Å². The number of hydrogen-bond acceptors (Lipinski definition) is 7. The van der Waals surface area contributed by atoms with E-state index in [4.69, 9.17) is 13.9 Å². The molecule has 0 saturated heterocycles. The Hall–Kier alpha value is -2.94. The minimum Gasteiger partial charge on any atom is -0.497 e. The van der Waals surface area contributed by atoms with Crippen molar-refractivity contribution in [1.82, 2.24) is 20.1 Å². The fraction of sp³-hybridized carbons (Fsp3) is 0.316. The molecule has 9 heteroatoms. The summed E-state index contributed by atoms with van der Waals surface area (Å²) in [7, 11) is 1.62. The van der Waals surface area contributed by atoms with Crippen molar-refractivity contribution in [2.24, 2.45) is 0 Å². The number of furan rings is 1. The van der Waals surface area contributed by atoms with Crippen LogP contribution < -0.4 is 14.8 Å². The number of rotatable bonds is 10. The van der Waals surface area contributed by atoms with Crippen molar-refractivity contribution in [3.8, 4) is 11.5 Å². The first-order chi connectivity index (χ1) is 13.7. The molecule has 0 fully saturated rings. The van der Waals surface area contributed by atoms with Gasteiger partial charge in [0.25, 0.3) is 0 Å². The molecule has 0 unspecified atom stereocenters. The maximum Gasteiger partial charge on any atom is 0.230 e. The van der Waals surface area contributed by atoms with Gasteiger partial charge in [-0.2, -0.15) is 0 Å². The minimum atomic E-state index is -0.0944. The van der Waals surface area contributed by atoms with Gasteiger partial charge < -0.3 is 23.8 Å². The quantitative estimate of drug-likeness (QED) is 0.521. The summed E-state index contributed by atoms with van der Waals surface area (Å²) in [4.78, 5) is 12.0. The third-order valence-corrected chi connectivity index (χ3v) is 4.88. The molecule has 0 saturated carbocycles. The normalized spacial score (nSPS) is 10.6. The molecule has 148 valence electrons. The maximum absolute atomic E-state index is 12.0. The van der Waals surface area contributed by atoms with Crippen molar-refractivity contribution in [3.05, 3.63) is 54.2 Å². The molecule has 3 aromatic rings. The second kappa shape index (κ2) is 9.84. The molecule has 1 amide bonds. The van der Waals surface area contributed by atoms with Crippen LogP contribution in [-0.4, -0.2) is 33.5 Å². The lowest BCUT2D eigenvalue weighted by molar-refractivity contribution is -0.118. The highest BCUT2D eigenvalue weighted by atomic mass is 32.2. The Labute approximate surface area is 167 Å². The van der Waals surface area contributed by atoms with Gasteiger partial charge in [0.2, 0.25) is 5.91 Å². The van der Waals surface area contributed by atoms with Crippen molar-refractivity contribution < 1.29 is 18.7 Å². The van der Waals surface area contributed by atoms with Gasteiger partial charge in [-0.15, -0.1) is 10.2 Å². The van der Waals surface area contributed by atoms with Gasteiger partial charge in [-0.3, -0.25) is 4.79 Å². The van der Waals surface area contributed by atoms with Gasteiger partial charge in [0.15, 0.2) is 11.0 Å². The molecule has 1 aromatic carbocycles. The van der Waals surface area contributed by atoms with Crippen LogP contribution in [0.15, 0.2) is 52.2 Å². The van der Waals surface area contributed by atoms with Crippen molar-refractivity contribution in [2.45, 2.75) is 31.8 Å². The van der Waals surface area contributed by atoms with E-state index >= 15 is 0 Å². The molecule has 3 rings (SSSR count). The first-order valence-electron chi connectivity index (χ1n) is 8.80. The molecule has 28 heavy (non-hydrogen) atoms. The molecule has 0 aliphatic rings. The van der Waals surface area contributed by atoms with Crippen molar-refractivity contribution >= 4 is 17.7 Å². The summed E-state index contributed by atoms with van der Waals surface area (Å²) in [5, 5.41) is 11.9. The zero-order valence-electron chi connectivity index (χ0n) is 15.8. The number of ether oxygens (including phenoxy) is 2. The maximum atomic E-state index is 12.0. The lowest BCUT2D eigenvalue weighted by Crippen LogP contribution is -2.24. The van der Waals surface area contributed by atoms with E-state index in [2.05, 4.69) is 15.5 Å². The monoisotopic (exact) mass is 402 g/mol. The van der Waals surface area contributed by atoms with E-state index in [1.165, 1.54) is 11.8 Å². The highest BCUT2D eigenvalue weighted by Crippen LogP contribution is 2.20. The molecule has 0 spiro atoms. The number of thioether (sulfide) groups is 1. The third kappa shape index (κ3) is 5.29.